The van der Waals surface area contributed by atoms with Gasteiger partial charge >= 0.3 is 0 Å². The van der Waals surface area contributed by atoms with Crippen LogP contribution in [0.3, 0.4) is 0 Å². The molecule has 0 bridgehead atoms. The molecule has 5 nitrogen and oxygen atoms in total. The van der Waals surface area contributed by atoms with Gasteiger partial charge in [-0.2, -0.15) is 5.10 Å². The van der Waals surface area contributed by atoms with Crippen LogP contribution < -0.4 is 14.9 Å². The number of carbonyl (C=O) groups is 1. The minimum absolute atomic E-state index is 0.0364. The number of rotatable bonds is 8. The van der Waals surface area contributed by atoms with Crippen LogP contribution in [0.2, 0.25) is 5.02 Å². The maximum Gasteiger partial charge on any atom is 0.271 e. The summed E-state index contributed by atoms with van der Waals surface area (Å²) in [4.78, 5) is 12.4. The number of benzene rings is 3. The van der Waals surface area contributed by atoms with Crippen molar-refractivity contribution in [3.05, 3.63) is 94.0 Å². The van der Waals surface area contributed by atoms with Gasteiger partial charge in [-0.15, -0.1) is 0 Å². The Bertz CT molecular complexity index is 1120. The standard InChI is InChI=1S/C27H29ClN2O3/c1-5-32-25-16-19(10-15-24(25)33-18-21-8-6-7-9-23(21)28)17-29-30-26(31)20-11-13-22(14-12-20)27(2,3)4/h6-17H,5,18H2,1-4H3,(H,30,31)/b29-17-. The molecule has 0 aromatic heterocycles. The van der Waals surface area contributed by atoms with Crippen molar-refractivity contribution in [3.8, 4) is 11.5 Å². The van der Waals surface area contributed by atoms with Crippen molar-refractivity contribution in [2.75, 3.05) is 6.61 Å². The molecule has 0 heterocycles. The van der Waals surface area contributed by atoms with Gasteiger partial charge in [0.2, 0.25) is 0 Å². The van der Waals surface area contributed by atoms with E-state index in [9.17, 15) is 4.79 Å². The maximum absolute atomic E-state index is 12.4. The minimum atomic E-state index is -0.267. The third kappa shape index (κ3) is 6.83. The monoisotopic (exact) mass is 464 g/mol. The minimum Gasteiger partial charge on any atom is -0.490 e. The Labute approximate surface area is 200 Å². The van der Waals surface area contributed by atoms with Gasteiger partial charge in [0.25, 0.3) is 5.91 Å². The van der Waals surface area contributed by atoms with E-state index in [1.807, 2.05) is 73.7 Å². The smallest absolute Gasteiger partial charge is 0.271 e. The van der Waals surface area contributed by atoms with E-state index in [0.29, 0.717) is 35.3 Å². The van der Waals surface area contributed by atoms with Gasteiger partial charge in [-0.05, 0) is 59.9 Å². The molecule has 6 heteroatoms. The van der Waals surface area contributed by atoms with Crippen molar-refractivity contribution < 1.29 is 14.3 Å². The molecular formula is C27H29ClN2O3. The van der Waals surface area contributed by atoms with Crippen LogP contribution in [0.5, 0.6) is 11.5 Å². The van der Waals surface area contributed by atoms with E-state index in [1.54, 1.807) is 6.21 Å². The third-order valence-corrected chi connectivity index (χ3v) is 5.37. The van der Waals surface area contributed by atoms with Crippen LogP contribution >= 0.6 is 11.6 Å². The first-order valence-corrected chi connectivity index (χ1v) is 11.2. The number of amides is 1. The summed E-state index contributed by atoms with van der Waals surface area (Å²) in [7, 11) is 0. The van der Waals surface area contributed by atoms with Crippen molar-refractivity contribution in [3.63, 3.8) is 0 Å². The Kier molecular flexibility index (Phi) is 8.12. The number of hydrogen-bond acceptors (Lipinski definition) is 4. The van der Waals surface area contributed by atoms with Gasteiger partial charge in [-0.1, -0.05) is 62.7 Å². The predicted octanol–water partition coefficient (Wildman–Crippen LogP) is 6.38. The van der Waals surface area contributed by atoms with Gasteiger partial charge in [-0.25, -0.2) is 5.43 Å². The Morgan fingerprint density at radius 3 is 2.39 bits per heavy atom. The van der Waals surface area contributed by atoms with E-state index >= 15 is 0 Å². The molecule has 1 N–H and O–H groups in total. The topological polar surface area (TPSA) is 59.9 Å². The molecule has 0 unspecified atom stereocenters. The molecule has 0 aliphatic carbocycles. The highest BCUT2D eigenvalue weighted by Gasteiger charge is 2.14. The highest BCUT2D eigenvalue weighted by atomic mass is 35.5. The lowest BCUT2D eigenvalue weighted by Gasteiger charge is -2.18. The largest absolute Gasteiger partial charge is 0.490 e. The maximum atomic E-state index is 12.4. The van der Waals surface area contributed by atoms with Crippen molar-refractivity contribution >= 4 is 23.7 Å². The summed E-state index contributed by atoms with van der Waals surface area (Å²) in [5, 5.41) is 4.74. The normalized spacial score (nSPS) is 11.4. The third-order valence-electron chi connectivity index (χ3n) is 5.00. The second-order valence-corrected chi connectivity index (χ2v) is 8.95. The second kappa shape index (κ2) is 11.0. The van der Waals surface area contributed by atoms with Gasteiger partial charge < -0.3 is 9.47 Å². The number of nitrogens with one attached hydrogen (secondary N) is 1. The molecule has 0 aliphatic heterocycles. The first kappa shape index (κ1) is 24.3. The molecule has 3 rings (SSSR count). The average Bonchev–Trinajstić information content (AvgIpc) is 2.79. The average molecular weight is 465 g/mol. The number of carbonyl (C=O) groups excluding carboxylic acids is 1. The fourth-order valence-corrected chi connectivity index (χ4v) is 3.31. The molecule has 172 valence electrons. The Hall–Kier alpha value is -3.31. The number of hydrogen-bond donors (Lipinski definition) is 1. The van der Waals surface area contributed by atoms with Crippen molar-refractivity contribution in [2.24, 2.45) is 5.10 Å². The van der Waals surface area contributed by atoms with Crippen LogP contribution in [0.4, 0.5) is 0 Å². The van der Waals surface area contributed by atoms with E-state index in [1.165, 1.54) is 5.56 Å². The van der Waals surface area contributed by atoms with Gasteiger partial charge in [-0.3, -0.25) is 4.79 Å². The number of ether oxygens (including phenoxy) is 2. The summed E-state index contributed by atoms with van der Waals surface area (Å²) in [6, 6.07) is 20.6. The predicted molar refractivity (Wildman–Crippen MR) is 134 cm³/mol. The summed E-state index contributed by atoms with van der Waals surface area (Å²) >= 11 is 6.21. The van der Waals surface area contributed by atoms with Gasteiger partial charge in [0.05, 0.1) is 12.8 Å². The van der Waals surface area contributed by atoms with Crippen molar-refractivity contribution in [1.29, 1.82) is 0 Å². The molecule has 0 fully saturated rings. The van der Waals surface area contributed by atoms with Crippen LogP contribution in [-0.2, 0) is 12.0 Å². The lowest BCUT2D eigenvalue weighted by Crippen LogP contribution is -2.18. The Morgan fingerprint density at radius 1 is 1.00 bits per heavy atom. The molecule has 1 amide bonds. The van der Waals surface area contributed by atoms with Crippen LogP contribution in [0.1, 0.15) is 54.7 Å². The molecular weight excluding hydrogens is 436 g/mol. The quantitative estimate of drug-likeness (QED) is 0.311. The van der Waals surface area contributed by atoms with E-state index in [-0.39, 0.29) is 11.3 Å². The zero-order chi connectivity index (χ0) is 23.8. The van der Waals surface area contributed by atoms with Gasteiger partial charge in [0, 0.05) is 16.1 Å². The zero-order valence-corrected chi connectivity index (χ0v) is 20.1. The highest BCUT2D eigenvalue weighted by molar-refractivity contribution is 6.31. The summed E-state index contributed by atoms with van der Waals surface area (Å²) in [5.74, 6) is 0.936. The number of nitrogens with zero attached hydrogens (tertiary/aromatic N) is 1. The Morgan fingerprint density at radius 2 is 1.73 bits per heavy atom. The summed E-state index contributed by atoms with van der Waals surface area (Å²) in [6.07, 6.45) is 1.57. The van der Waals surface area contributed by atoms with Crippen LogP contribution in [0.25, 0.3) is 0 Å². The SMILES string of the molecule is CCOc1cc(/C=N\NC(=O)c2ccc(C(C)(C)C)cc2)ccc1OCc1ccccc1Cl. The van der Waals surface area contributed by atoms with Gasteiger partial charge in [0.15, 0.2) is 11.5 Å². The summed E-state index contributed by atoms with van der Waals surface area (Å²) in [5.41, 5.74) is 5.99. The molecule has 0 saturated heterocycles. The number of halogens is 1. The molecule has 0 spiro atoms. The Balaban J connectivity index is 1.64. The molecule has 0 atom stereocenters. The molecule has 3 aromatic rings. The van der Waals surface area contributed by atoms with Crippen molar-refractivity contribution in [2.45, 2.75) is 39.7 Å². The van der Waals surface area contributed by atoms with E-state index in [2.05, 4.69) is 31.3 Å². The molecule has 0 radical (unpaired) electrons. The van der Waals surface area contributed by atoms with E-state index < -0.39 is 0 Å². The van der Waals surface area contributed by atoms with Crippen LogP contribution in [-0.4, -0.2) is 18.7 Å². The summed E-state index contributed by atoms with van der Waals surface area (Å²) in [6.45, 7) is 9.13. The molecule has 0 saturated carbocycles. The zero-order valence-electron chi connectivity index (χ0n) is 19.4. The van der Waals surface area contributed by atoms with Crippen LogP contribution in [0, 0.1) is 0 Å². The lowest BCUT2D eigenvalue weighted by molar-refractivity contribution is 0.0955. The second-order valence-electron chi connectivity index (χ2n) is 8.55. The lowest BCUT2D eigenvalue weighted by atomic mass is 9.87. The molecule has 33 heavy (non-hydrogen) atoms. The summed E-state index contributed by atoms with van der Waals surface area (Å²) < 4.78 is 11.6. The first-order valence-electron chi connectivity index (χ1n) is 10.8. The number of hydrazone groups is 1. The highest BCUT2D eigenvalue weighted by Crippen LogP contribution is 2.29. The fraction of sp³-hybridized carbons (Fsp3) is 0.259. The van der Waals surface area contributed by atoms with E-state index in [0.717, 1.165) is 11.1 Å². The van der Waals surface area contributed by atoms with Crippen molar-refractivity contribution in [1.82, 2.24) is 5.43 Å². The molecule has 3 aromatic carbocycles. The molecule has 0 aliphatic rings. The van der Waals surface area contributed by atoms with Crippen LogP contribution in [0.15, 0.2) is 71.8 Å². The fourth-order valence-electron chi connectivity index (χ4n) is 3.12. The van der Waals surface area contributed by atoms with Gasteiger partial charge in [0.1, 0.15) is 6.61 Å². The van der Waals surface area contributed by atoms with E-state index in [4.69, 9.17) is 21.1 Å². The first-order chi connectivity index (χ1) is 15.8.